The average Bonchev–Trinajstić information content (AvgIpc) is 2.58. The maximum absolute atomic E-state index is 6.63. The van der Waals surface area contributed by atoms with Gasteiger partial charge in [-0.1, -0.05) is 56.5 Å². The molecule has 0 amide bonds. The van der Waals surface area contributed by atoms with Crippen LogP contribution in [0.25, 0.3) is 0 Å². The number of piperidine rings is 1. The molecular formula is C20H31NO. The van der Waals surface area contributed by atoms with Crippen LogP contribution < -0.4 is 0 Å². The zero-order chi connectivity index (χ0) is 15.3. The normalized spacial score (nSPS) is 30.3. The third-order valence-corrected chi connectivity index (χ3v) is 5.71. The van der Waals surface area contributed by atoms with Crippen molar-refractivity contribution in [2.75, 3.05) is 26.2 Å². The third kappa shape index (κ3) is 3.55. The fourth-order valence-corrected chi connectivity index (χ4v) is 4.30. The second-order valence-corrected chi connectivity index (χ2v) is 7.15. The number of nitrogens with zero attached hydrogens (tertiary/aromatic N) is 1. The topological polar surface area (TPSA) is 12.5 Å². The molecule has 0 aromatic heterocycles. The van der Waals surface area contributed by atoms with Crippen LogP contribution in [0.2, 0.25) is 0 Å². The van der Waals surface area contributed by atoms with E-state index in [0.29, 0.717) is 5.92 Å². The summed E-state index contributed by atoms with van der Waals surface area (Å²) in [6.45, 7) is 6.88. The summed E-state index contributed by atoms with van der Waals surface area (Å²) in [6.07, 6.45) is 9.24. The molecule has 0 bridgehead atoms. The Hall–Kier alpha value is -0.860. The smallest absolute Gasteiger partial charge is 0.0957 e. The van der Waals surface area contributed by atoms with E-state index in [0.717, 1.165) is 13.2 Å². The van der Waals surface area contributed by atoms with Crippen LogP contribution in [-0.4, -0.2) is 31.1 Å². The predicted octanol–water partition coefficient (Wildman–Crippen LogP) is 4.59. The monoisotopic (exact) mass is 301 g/mol. The molecule has 0 spiro atoms. The van der Waals surface area contributed by atoms with Crippen LogP contribution in [0.3, 0.4) is 0 Å². The lowest BCUT2D eigenvalue weighted by atomic mass is 9.72. The number of hydrogen-bond donors (Lipinski definition) is 0. The second kappa shape index (κ2) is 7.61. The molecule has 1 aromatic rings. The van der Waals surface area contributed by atoms with Crippen LogP contribution in [0.5, 0.6) is 0 Å². The van der Waals surface area contributed by atoms with Crippen molar-refractivity contribution in [3.8, 4) is 0 Å². The van der Waals surface area contributed by atoms with Gasteiger partial charge in [0.1, 0.15) is 0 Å². The van der Waals surface area contributed by atoms with E-state index in [-0.39, 0.29) is 5.60 Å². The molecule has 2 atom stereocenters. The first-order valence-electron chi connectivity index (χ1n) is 9.23. The zero-order valence-corrected chi connectivity index (χ0v) is 14.1. The highest BCUT2D eigenvalue weighted by atomic mass is 16.5. The van der Waals surface area contributed by atoms with Gasteiger partial charge in [-0.15, -0.1) is 0 Å². The Morgan fingerprint density at radius 3 is 2.55 bits per heavy atom. The highest BCUT2D eigenvalue weighted by molar-refractivity contribution is 5.24. The van der Waals surface area contributed by atoms with Crippen molar-refractivity contribution in [1.82, 2.24) is 4.90 Å². The van der Waals surface area contributed by atoms with Crippen molar-refractivity contribution in [1.29, 1.82) is 0 Å². The van der Waals surface area contributed by atoms with E-state index in [1.165, 1.54) is 63.6 Å². The van der Waals surface area contributed by atoms with Crippen molar-refractivity contribution >= 4 is 0 Å². The first kappa shape index (κ1) is 16.0. The van der Waals surface area contributed by atoms with Gasteiger partial charge in [0, 0.05) is 6.54 Å². The number of hydrogen-bond acceptors (Lipinski definition) is 2. The molecule has 1 saturated heterocycles. The molecule has 122 valence electrons. The van der Waals surface area contributed by atoms with Crippen LogP contribution in [0.4, 0.5) is 0 Å². The Bertz CT molecular complexity index is 440. The molecule has 2 aliphatic rings. The summed E-state index contributed by atoms with van der Waals surface area (Å²) in [5.41, 5.74) is 1.34. The van der Waals surface area contributed by atoms with E-state index in [2.05, 4.69) is 42.2 Å². The summed E-state index contributed by atoms with van der Waals surface area (Å²) in [6, 6.07) is 11.0. The van der Waals surface area contributed by atoms with Crippen LogP contribution >= 0.6 is 0 Å². The maximum atomic E-state index is 6.63. The Balaban J connectivity index is 1.66. The maximum Gasteiger partial charge on any atom is 0.0957 e. The molecule has 3 rings (SSSR count). The van der Waals surface area contributed by atoms with Gasteiger partial charge >= 0.3 is 0 Å². The summed E-state index contributed by atoms with van der Waals surface area (Å²) in [5.74, 6) is 0.616. The molecule has 1 aromatic carbocycles. The minimum atomic E-state index is -0.0463. The van der Waals surface area contributed by atoms with Crippen molar-refractivity contribution in [2.45, 2.75) is 57.5 Å². The summed E-state index contributed by atoms with van der Waals surface area (Å²) in [4.78, 5) is 2.58. The SMILES string of the molecule is CC1CCCCC1(OCCN1CCCCC1)c1ccccc1. The average molecular weight is 301 g/mol. The largest absolute Gasteiger partial charge is 0.369 e. The van der Waals surface area contributed by atoms with E-state index >= 15 is 0 Å². The third-order valence-electron chi connectivity index (χ3n) is 5.71. The van der Waals surface area contributed by atoms with Crippen LogP contribution in [0, 0.1) is 5.92 Å². The zero-order valence-electron chi connectivity index (χ0n) is 14.1. The molecule has 1 heterocycles. The van der Waals surface area contributed by atoms with Gasteiger partial charge in [0.2, 0.25) is 0 Å². The van der Waals surface area contributed by atoms with E-state index in [9.17, 15) is 0 Å². The Morgan fingerprint density at radius 1 is 1.05 bits per heavy atom. The molecule has 2 nitrogen and oxygen atoms in total. The van der Waals surface area contributed by atoms with Crippen LogP contribution in [-0.2, 0) is 10.3 Å². The van der Waals surface area contributed by atoms with Gasteiger partial charge in [0.05, 0.1) is 12.2 Å². The lowest BCUT2D eigenvalue weighted by Gasteiger charge is -2.43. The number of rotatable bonds is 5. The highest BCUT2D eigenvalue weighted by Crippen LogP contribution is 2.44. The Morgan fingerprint density at radius 2 is 1.82 bits per heavy atom. The number of benzene rings is 1. The van der Waals surface area contributed by atoms with Crippen molar-refractivity contribution in [2.24, 2.45) is 5.92 Å². The summed E-state index contributed by atoms with van der Waals surface area (Å²) in [7, 11) is 0. The Kier molecular flexibility index (Phi) is 5.54. The van der Waals surface area contributed by atoms with Crippen LogP contribution in [0.15, 0.2) is 30.3 Å². The molecule has 1 aliphatic carbocycles. The molecular weight excluding hydrogens is 270 g/mol. The lowest BCUT2D eigenvalue weighted by molar-refractivity contribution is -0.115. The van der Waals surface area contributed by atoms with Crippen molar-refractivity contribution in [3.63, 3.8) is 0 Å². The fourth-order valence-electron chi connectivity index (χ4n) is 4.30. The summed E-state index contributed by atoms with van der Waals surface area (Å²) >= 11 is 0. The molecule has 1 saturated carbocycles. The van der Waals surface area contributed by atoms with Gasteiger partial charge < -0.3 is 9.64 Å². The molecule has 0 radical (unpaired) electrons. The highest BCUT2D eigenvalue weighted by Gasteiger charge is 2.40. The summed E-state index contributed by atoms with van der Waals surface area (Å²) < 4.78 is 6.63. The first-order valence-corrected chi connectivity index (χ1v) is 9.23. The molecule has 2 fully saturated rings. The van der Waals surface area contributed by atoms with Gasteiger partial charge in [-0.2, -0.15) is 0 Å². The molecule has 2 heteroatoms. The molecule has 0 N–H and O–H groups in total. The van der Waals surface area contributed by atoms with Crippen molar-refractivity contribution < 1.29 is 4.74 Å². The van der Waals surface area contributed by atoms with Crippen LogP contribution in [0.1, 0.15) is 57.4 Å². The van der Waals surface area contributed by atoms with Crippen molar-refractivity contribution in [3.05, 3.63) is 35.9 Å². The predicted molar refractivity (Wildman–Crippen MR) is 92.0 cm³/mol. The summed E-state index contributed by atoms with van der Waals surface area (Å²) in [5, 5.41) is 0. The fraction of sp³-hybridized carbons (Fsp3) is 0.700. The minimum absolute atomic E-state index is 0.0463. The van der Waals surface area contributed by atoms with E-state index in [4.69, 9.17) is 4.74 Å². The van der Waals surface area contributed by atoms with Gasteiger partial charge in [0.15, 0.2) is 0 Å². The van der Waals surface area contributed by atoms with Gasteiger partial charge in [0.25, 0.3) is 0 Å². The molecule has 2 unspecified atom stereocenters. The number of likely N-dealkylation sites (tertiary alicyclic amines) is 1. The molecule has 22 heavy (non-hydrogen) atoms. The van der Waals surface area contributed by atoms with E-state index < -0.39 is 0 Å². The Labute approximate surface area is 135 Å². The standard InChI is InChI=1S/C20H31NO/c1-18-10-6-7-13-20(18,19-11-4-2-5-12-19)22-17-16-21-14-8-3-9-15-21/h2,4-5,11-12,18H,3,6-10,13-17H2,1H3. The molecule has 1 aliphatic heterocycles. The van der Waals surface area contributed by atoms with E-state index in [1.54, 1.807) is 0 Å². The van der Waals surface area contributed by atoms with Gasteiger partial charge in [-0.3, -0.25) is 0 Å². The van der Waals surface area contributed by atoms with Gasteiger partial charge in [-0.05, 0) is 50.3 Å². The minimum Gasteiger partial charge on any atom is -0.369 e. The van der Waals surface area contributed by atoms with Gasteiger partial charge in [-0.25, -0.2) is 0 Å². The quantitative estimate of drug-likeness (QED) is 0.788. The lowest BCUT2D eigenvalue weighted by Crippen LogP contribution is -2.42. The number of ether oxygens (including phenoxy) is 1. The van der Waals surface area contributed by atoms with E-state index in [1.807, 2.05) is 0 Å². The first-order chi connectivity index (χ1) is 10.8. The second-order valence-electron chi connectivity index (χ2n) is 7.15.